The molecule has 1 unspecified atom stereocenters. The second-order valence-electron chi connectivity index (χ2n) is 8.37. The van der Waals surface area contributed by atoms with Gasteiger partial charge in [0.05, 0.1) is 28.8 Å². The number of aryl methyl sites for hydroxylation is 1. The Morgan fingerprint density at radius 1 is 1.38 bits per heavy atom. The van der Waals surface area contributed by atoms with E-state index >= 15 is 0 Å². The number of aromatic amines is 1. The zero-order chi connectivity index (χ0) is 18.1. The van der Waals surface area contributed by atoms with E-state index in [1.54, 1.807) is 6.20 Å². The van der Waals surface area contributed by atoms with E-state index in [1.165, 1.54) is 0 Å². The van der Waals surface area contributed by atoms with Gasteiger partial charge in [0, 0.05) is 25.3 Å². The molecule has 2 saturated carbocycles. The summed E-state index contributed by atoms with van der Waals surface area (Å²) in [6.45, 7) is 6.71. The molecule has 0 aromatic carbocycles. The first-order valence-corrected chi connectivity index (χ1v) is 9.31. The van der Waals surface area contributed by atoms with Crippen LogP contribution in [0.15, 0.2) is 6.20 Å². The van der Waals surface area contributed by atoms with E-state index < -0.39 is 0 Å². The monoisotopic (exact) mass is 356 g/mol. The Morgan fingerprint density at radius 2 is 2.15 bits per heavy atom. The van der Waals surface area contributed by atoms with Crippen LogP contribution in [0.4, 0.5) is 5.82 Å². The van der Waals surface area contributed by atoms with Crippen LogP contribution in [0.1, 0.15) is 38.9 Å². The summed E-state index contributed by atoms with van der Waals surface area (Å²) < 4.78 is 6.26. The maximum atomic E-state index is 12.4. The Kier molecular flexibility index (Phi) is 3.17. The van der Waals surface area contributed by atoms with Gasteiger partial charge in [-0.25, -0.2) is 9.97 Å². The van der Waals surface area contributed by atoms with Crippen LogP contribution in [-0.4, -0.2) is 49.9 Å². The number of aromatic nitrogens is 4. The zero-order valence-corrected chi connectivity index (χ0v) is 15.3. The van der Waals surface area contributed by atoms with Crippen LogP contribution in [0.5, 0.6) is 0 Å². The summed E-state index contributed by atoms with van der Waals surface area (Å²) in [7, 11) is 0. The standard InChI is InChI=1S/C18H24N6O2/c1-9-4-12(9)16(25)23-18-6-17(7-18,26-10(18)2)8-19-14-13-5-20-24-15(13)22-11(3)21-14/h5,9-10,12H,4,6-8H2,1-3H3,(H,23,25)(H2,19,20,21,22,24)/t9-,10?,12-,17?,18?/m0/s1. The number of carbonyl (C=O) groups excluding carboxylic acids is 1. The molecular formula is C18H24N6O2. The normalized spacial score (nSPS) is 37.4. The van der Waals surface area contributed by atoms with Crippen molar-refractivity contribution in [2.75, 3.05) is 11.9 Å². The molecule has 4 heterocycles. The van der Waals surface area contributed by atoms with Crippen molar-refractivity contribution in [3.05, 3.63) is 12.0 Å². The number of ether oxygens (including phenoxy) is 1. The largest absolute Gasteiger partial charge is 0.368 e. The van der Waals surface area contributed by atoms with Crippen LogP contribution < -0.4 is 10.6 Å². The van der Waals surface area contributed by atoms with E-state index in [4.69, 9.17) is 4.74 Å². The van der Waals surface area contributed by atoms with E-state index in [-0.39, 0.29) is 29.1 Å². The fraction of sp³-hybridized carbons (Fsp3) is 0.667. The van der Waals surface area contributed by atoms with Crippen molar-refractivity contribution in [1.82, 2.24) is 25.5 Å². The minimum atomic E-state index is -0.239. The van der Waals surface area contributed by atoms with Gasteiger partial charge in [-0.15, -0.1) is 0 Å². The lowest BCUT2D eigenvalue weighted by molar-refractivity contribution is -0.125. The van der Waals surface area contributed by atoms with Gasteiger partial charge < -0.3 is 15.4 Å². The summed E-state index contributed by atoms with van der Waals surface area (Å²) in [6.07, 6.45) is 4.47. The van der Waals surface area contributed by atoms with Gasteiger partial charge in [0.2, 0.25) is 5.91 Å². The minimum Gasteiger partial charge on any atom is -0.368 e. The molecule has 2 bridgehead atoms. The number of hydrogen-bond donors (Lipinski definition) is 3. The first-order chi connectivity index (χ1) is 12.4. The summed E-state index contributed by atoms with van der Waals surface area (Å²) >= 11 is 0. The summed E-state index contributed by atoms with van der Waals surface area (Å²) in [5, 5.41) is 14.5. The Bertz CT molecular complexity index is 887. The first kappa shape index (κ1) is 16.0. The van der Waals surface area contributed by atoms with Crippen molar-refractivity contribution in [3.8, 4) is 0 Å². The summed E-state index contributed by atoms with van der Waals surface area (Å²) in [5.41, 5.74) is 0.289. The zero-order valence-electron chi connectivity index (χ0n) is 15.3. The highest BCUT2D eigenvalue weighted by atomic mass is 16.5. The van der Waals surface area contributed by atoms with Crippen molar-refractivity contribution < 1.29 is 9.53 Å². The summed E-state index contributed by atoms with van der Waals surface area (Å²) in [5.74, 6) is 2.38. The lowest BCUT2D eigenvalue weighted by atomic mass is 9.66. The average molecular weight is 356 g/mol. The van der Waals surface area contributed by atoms with Crippen molar-refractivity contribution >= 4 is 22.8 Å². The van der Waals surface area contributed by atoms with Crippen LogP contribution in [0.3, 0.4) is 0 Å². The molecule has 8 heteroatoms. The summed E-state index contributed by atoms with van der Waals surface area (Å²) in [6, 6.07) is 0. The predicted octanol–water partition coefficient (Wildman–Crippen LogP) is 1.54. The maximum Gasteiger partial charge on any atom is 0.223 e. The molecule has 2 aromatic heterocycles. The molecule has 3 N–H and O–H groups in total. The average Bonchev–Trinajstić information content (AvgIpc) is 2.89. The third-order valence-electron chi connectivity index (χ3n) is 6.30. The van der Waals surface area contributed by atoms with Gasteiger partial charge in [0.15, 0.2) is 5.65 Å². The number of rotatable bonds is 5. The van der Waals surface area contributed by atoms with E-state index in [2.05, 4.69) is 44.6 Å². The molecule has 26 heavy (non-hydrogen) atoms. The number of nitrogens with zero attached hydrogens (tertiary/aromatic N) is 3. The molecule has 0 radical (unpaired) electrons. The molecule has 1 amide bonds. The number of carbonyl (C=O) groups is 1. The highest BCUT2D eigenvalue weighted by molar-refractivity contribution is 5.86. The fourth-order valence-electron chi connectivity index (χ4n) is 4.67. The SMILES string of the molecule is Cc1nc(NCC23CC(NC(=O)[C@H]4C[C@@H]4C)(C2)C(C)O3)c2cn[nH]c2n1. The molecule has 8 nitrogen and oxygen atoms in total. The van der Waals surface area contributed by atoms with E-state index in [0.29, 0.717) is 18.3 Å². The highest BCUT2D eigenvalue weighted by Crippen LogP contribution is 2.56. The molecule has 4 aliphatic rings. The van der Waals surface area contributed by atoms with Crippen molar-refractivity contribution in [3.63, 3.8) is 0 Å². The molecule has 138 valence electrons. The third-order valence-corrected chi connectivity index (χ3v) is 6.30. The van der Waals surface area contributed by atoms with Gasteiger partial charge in [-0.2, -0.15) is 5.10 Å². The molecule has 2 aliphatic carbocycles. The highest BCUT2D eigenvalue weighted by Gasteiger charge is 2.67. The van der Waals surface area contributed by atoms with Crippen LogP contribution in [0.25, 0.3) is 11.0 Å². The molecule has 2 saturated heterocycles. The van der Waals surface area contributed by atoms with E-state index in [9.17, 15) is 4.79 Å². The lowest BCUT2D eigenvalue weighted by Crippen LogP contribution is -2.63. The number of anilines is 1. The van der Waals surface area contributed by atoms with Crippen LogP contribution >= 0.6 is 0 Å². The molecule has 4 fully saturated rings. The molecule has 2 aliphatic heterocycles. The first-order valence-electron chi connectivity index (χ1n) is 9.31. The van der Waals surface area contributed by atoms with Crippen molar-refractivity contribution in [1.29, 1.82) is 0 Å². The van der Waals surface area contributed by atoms with Gasteiger partial charge >= 0.3 is 0 Å². The molecule has 2 aromatic rings. The van der Waals surface area contributed by atoms with Crippen LogP contribution in [0, 0.1) is 18.8 Å². The van der Waals surface area contributed by atoms with Crippen molar-refractivity contribution in [2.24, 2.45) is 11.8 Å². The minimum absolute atomic E-state index is 0.0309. The third kappa shape index (κ3) is 2.31. The topological polar surface area (TPSA) is 105 Å². The predicted molar refractivity (Wildman–Crippen MR) is 95.6 cm³/mol. The Morgan fingerprint density at radius 3 is 2.88 bits per heavy atom. The Labute approximate surface area is 151 Å². The van der Waals surface area contributed by atoms with Gasteiger partial charge in [-0.3, -0.25) is 9.89 Å². The van der Waals surface area contributed by atoms with Crippen LogP contribution in [-0.2, 0) is 9.53 Å². The maximum absolute atomic E-state index is 12.4. The number of hydrogen-bond acceptors (Lipinski definition) is 6. The number of amides is 1. The van der Waals surface area contributed by atoms with Gasteiger partial charge in [-0.1, -0.05) is 6.92 Å². The van der Waals surface area contributed by atoms with E-state index in [0.717, 1.165) is 36.1 Å². The Hall–Kier alpha value is -2.22. The number of nitrogens with one attached hydrogen (secondary N) is 3. The fourth-order valence-corrected chi connectivity index (χ4v) is 4.67. The van der Waals surface area contributed by atoms with E-state index in [1.807, 2.05) is 6.92 Å². The van der Waals surface area contributed by atoms with Gasteiger partial charge in [0.25, 0.3) is 0 Å². The lowest BCUT2D eigenvalue weighted by Gasteiger charge is -2.45. The molecule has 0 spiro atoms. The quantitative estimate of drug-likeness (QED) is 0.750. The second kappa shape index (κ2) is 5.16. The number of H-pyrrole nitrogens is 1. The van der Waals surface area contributed by atoms with Crippen LogP contribution in [0.2, 0.25) is 0 Å². The molecule has 6 rings (SSSR count). The number of fused-ring (bicyclic) bond motifs is 2. The smallest absolute Gasteiger partial charge is 0.223 e. The van der Waals surface area contributed by atoms with Gasteiger partial charge in [-0.05, 0) is 26.2 Å². The van der Waals surface area contributed by atoms with Gasteiger partial charge in [0.1, 0.15) is 11.6 Å². The second-order valence-corrected chi connectivity index (χ2v) is 8.37. The molecular weight excluding hydrogens is 332 g/mol. The molecule has 3 atom stereocenters. The Balaban J connectivity index is 1.28. The summed E-state index contributed by atoms with van der Waals surface area (Å²) in [4.78, 5) is 21.2. The van der Waals surface area contributed by atoms with Crippen molar-refractivity contribution in [2.45, 2.75) is 57.3 Å².